The fourth-order valence-corrected chi connectivity index (χ4v) is 1.95. The molecule has 0 aliphatic rings. The van der Waals surface area contributed by atoms with Gasteiger partial charge in [0.15, 0.2) is 0 Å². The highest BCUT2D eigenvalue weighted by Gasteiger charge is 2.12. The summed E-state index contributed by atoms with van der Waals surface area (Å²) in [5, 5.41) is 0.978. The zero-order valence-corrected chi connectivity index (χ0v) is 11.5. The topological polar surface area (TPSA) is 29.5 Å². The number of terminal acetylenes is 1. The maximum absolute atomic E-state index is 11.5. The smallest absolute Gasteiger partial charge is 0.325 e. The van der Waals surface area contributed by atoms with E-state index in [0.29, 0.717) is 22.3 Å². The predicted octanol–water partition coefficient (Wildman–Crippen LogP) is 3.00. The van der Waals surface area contributed by atoms with Crippen LogP contribution in [0.25, 0.3) is 0 Å². The lowest BCUT2D eigenvalue weighted by Gasteiger charge is -2.21. The van der Waals surface area contributed by atoms with E-state index < -0.39 is 0 Å². The molecule has 0 unspecified atom stereocenters. The molecule has 0 saturated heterocycles. The fraction of sp³-hybridized carbons (Fsp3) is 0.308. The normalized spacial score (nSPS) is 9.67. The van der Waals surface area contributed by atoms with Crippen molar-refractivity contribution in [2.75, 3.05) is 24.6 Å². The maximum Gasteiger partial charge on any atom is 0.325 e. The predicted molar refractivity (Wildman–Crippen MR) is 74.1 cm³/mol. The summed E-state index contributed by atoms with van der Waals surface area (Å²) in [5.74, 6) is 2.14. The number of esters is 1. The van der Waals surface area contributed by atoms with Gasteiger partial charge in [0.2, 0.25) is 0 Å². The maximum atomic E-state index is 11.5. The lowest BCUT2D eigenvalue weighted by Crippen LogP contribution is -2.31. The second kappa shape index (κ2) is 7.15. The summed E-state index contributed by atoms with van der Waals surface area (Å²) in [4.78, 5) is 13.1. The Kier molecular flexibility index (Phi) is 5.84. The highest BCUT2D eigenvalue weighted by atomic mass is 35.5. The standard InChI is InChI=1S/C13H13Cl2NO2/c1-3-5-16(9-13(17)18-4-2)12-7-10(14)6-11(15)8-12/h1,6-8H,4-5,9H2,2H3. The van der Waals surface area contributed by atoms with E-state index in [1.165, 1.54) is 0 Å². The number of carbonyl (C=O) groups is 1. The van der Waals surface area contributed by atoms with Gasteiger partial charge in [-0.05, 0) is 25.1 Å². The minimum Gasteiger partial charge on any atom is -0.465 e. The molecule has 0 atom stereocenters. The summed E-state index contributed by atoms with van der Waals surface area (Å²) in [7, 11) is 0. The molecular formula is C13H13Cl2NO2. The van der Waals surface area contributed by atoms with Crippen molar-refractivity contribution in [3.05, 3.63) is 28.2 Å². The first-order valence-electron chi connectivity index (χ1n) is 5.37. The van der Waals surface area contributed by atoms with Gasteiger partial charge in [0, 0.05) is 15.7 Å². The lowest BCUT2D eigenvalue weighted by atomic mass is 10.3. The second-order valence-corrected chi connectivity index (χ2v) is 4.37. The molecule has 0 radical (unpaired) electrons. The van der Waals surface area contributed by atoms with Crippen LogP contribution in [0.2, 0.25) is 10.0 Å². The summed E-state index contributed by atoms with van der Waals surface area (Å²) in [6, 6.07) is 5.01. The summed E-state index contributed by atoms with van der Waals surface area (Å²) in [6.07, 6.45) is 5.28. The zero-order valence-electron chi connectivity index (χ0n) is 9.95. The van der Waals surface area contributed by atoms with Gasteiger partial charge in [-0.3, -0.25) is 4.79 Å². The quantitative estimate of drug-likeness (QED) is 0.615. The Balaban J connectivity index is 2.90. The Morgan fingerprint density at radius 2 is 2.00 bits per heavy atom. The van der Waals surface area contributed by atoms with Crippen LogP contribution >= 0.6 is 23.2 Å². The largest absolute Gasteiger partial charge is 0.465 e. The molecule has 0 amide bonds. The third-order valence-corrected chi connectivity index (χ3v) is 2.56. The first-order chi connectivity index (χ1) is 8.56. The molecule has 0 bridgehead atoms. The molecule has 0 N–H and O–H groups in total. The van der Waals surface area contributed by atoms with E-state index in [0.717, 1.165) is 0 Å². The second-order valence-electron chi connectivity index (χ2n) is 3.49. The van der Waals surface area contributed by atoms with E-state index in [1.54, 1.807) is 30.0 Å². The first-order valence-corrected chi connectivity index (χ1v) is 6.12. The summed E-state index contributed by atoms with van der Waals surface area (Å²) >= 11 is 11.8. The van der Waals surface area contributed by atoms with Crippen molar-refractivity contribution >= 4 is 34.9 Å². The molecular weight excluding hydrogens is 273 g/mol. The Hall–Kier alpha value is -1.37. The van der Waals surface area contributed by atoms with Crippen molar-refractivity contribution in [2.45, 2.75) is 6.92 Å². The lowest BCUT2D eigenvalue weighted by molar-refractivity contribution is -0.141. The zero-order chi connectivity index (χ0) is 13.5. The molecule has 0 heterocycles. The van der Waals surface area contributed by atoms with Crippen LogP contribution in [0.15, 0.2) is 18.2 Å². The fourth-order valence-electron chi connectivity index (χ4n) is 1.43. The van der Waals surface area contributed by atoms with Crippen LogP contribution in [-0.2, 0) is 9.53 Å². The number of carbonyl (C=O) groups excluding carboxylic acids is 1. The van der Waals surface area contributed by atoms with Gasteiger partial charge in [-0.25, -0.2) is 0 Å². The minimum atomic E-state index is -0.344. The Labute approximate surface area is 117 Å². The van der Waals surface area contributed by atoms with Crippen molar-refractivity contribution in [3.63, 3.8) is 0 Å². The van der Waals surface area contributed by atoms with Gasteiger partial charge in [0.1, 0.15) is 6.54 Å². The molecule has 18 heavy (non-hydrogen) atoms. The van der Waals surface area contributed by atoms with Crippen LogP contribution in [0.5, 0.6) is 0 Å². The molecule has 3 nitrogen and oxygen atoms in total. The van der Waals surface area contributed by atoms with Crippen molar-refractivity contribution in [1.29, 1.82) is 0 Å². The molecule has 0 spiro atoms. The number of benzene rings is 1. The van der Waals surface area contributed by atoms with Crippen molar-refractivity contribution < 1.29 is 9.53 Å². The van der Waals surface area contributed by atoms with Gasteiger partial charge in [-0.2, -0.15) is 0 Å². The Morgan fingerprint density at radius 1 is 1.39 bits per heavy atom. The molecule has 1 rings (SSSR count). The van der Waals surface area contributed by atoms with E-state index in [-0.39, 0.29) is 19.1 Å². The molecule has 0 fully saturated rings. The van der Waals surface area contributed by atoms with Gasteiger partial charge < -0.3 is 9.64 Å². The molecule has 1 aromatic carbocycles. The number of nitrogens with zero attached hydrogens (tertiary/aromatic N) is 1. The van der Waals surface area contributed by atoms with E-state index in [9.17, 15) is 4.79 Å². The van der Waals surface area contributed by atoms with Gasteiger partial charge >= 0.3 is 5.97 Å². The number of hydrogen-bond donors (Lipinski definition) is 0. The van der Waals surface area contributed by atoms with Gasteiger partial charge in [0.25, 0.3) is 0 Å². The Bertz CT molecular complexity index is 448. The van der Waals surface area contributed by atoms with Gasteiger partial charge in [-0.15, -0.1) is 6.42 Å². The Morgan fingerprint density at radius 3 is 2.50 bits per heavy atom. The average molecular weight is 286 g/mol. The number of hydrogen-bond acceptors (Lipinski definition) is 3. The average Bonchev–Trinajstić information content (AvgIpc) is 2.27. The monoisotopic (exact) mass is 285 g/mol. The highest BCUT2D eigenvalue weighted by Crippen LogP contribution is 2.25. The molecule has 0 aliphatic heterocycles. The molecule has 0 aliphatic carbocycles. The third kappa shape index (κ3) is 4.48. The van der Waals surface area contributed by atoms with Gasteiger partial charge in [-0.1, -0.05) is 29.1 Å². The van der Waals surface area contributed by atoms with E-state index in [1.807, 2.05) is 0 Å². The molecule has 0 saturated carbocycles. The summed E-state index contributed by atoms with van der Waals surface area (Å²) in [6.45, 7) is 2.42. The summed E-state index contributed by atoms with van der Waals surface area (Å²) in [5.41, 5.74) is 0.693. The molecule has 0 aromatic heterocycles. The van der Waals surface area contributed by atoms with Crippen LogP contribution in [0.4, 0.5) is 5.69 Å². The molecule has 1 aromatic rings. The third-order valence-electron chi connectivity index (χ3n) is 2.12. The highest BCUT2D eigenvalue weighted by molar-refractivity contribution is 6.35. The van der Waals surface area contributed by atoms with E-state index in [4.69, 9.17) is 34.4 Å². The van der Waals surface area contributed by atoms with Gasteiger partial charge in [0.05, 0.1) is 13.2 Å². The first kappa shape index (κ1) is 14.7. The van der Waals surface area contributed by atoms with Crippen LogP contribution in [-0.4, -0.2) is 25.7 Å². The van der Waals surface area contributed by atoms with E-state index in [2.05, 4.69) is 5.92 Å². The molecule has 96 valence electrons. The number of ether oxygens (including phenoxy) is 1. The number of rotatable bonds is 5. The van der Waals surface area contributed by atoms with Crippen LogP contribution < -0.4 is 4.90 Å². The minimum absolute atomic E-state index is 0.0642. The van der Waals surface area contributed by atoms with Crippen LogP contribution in [0.3, 0.4) is 0 Å². The van der Waals surface area contributed by atoms with Crippen molar-refractivity contribution in [1.82, 2.24) is 0 Å². The number of halogens is 2. The molecule has 5 heteroatoms. The van der Waals surface area contributed by atoms with E-state index >= 15 is 0 Å². The number of anilines is 1. The SMILES string of the molecule is C#CCN(CC(=O)OCC)c1cc(Cl)cc(Cl)c1. The van der Waals surface area contributed by atoms with Crippen LogP contribution in [0, 0.1) is 12.3 Å². The van der Waals surface area contributed by atoms with Crippen molar-refractivity contribution in [2.24, 2.45) is 0 Å². The van der Waals surface area contributed by atoms with Crippen molar-refractivity contribution in [3.8, 4) is 12.3 Å². The summed E-state index contributed by atoms with van der Waals surface area (Å²) < 4.78 is 4.89. The van der Waals surface area contributed by atoms with Crippen LogP contribution in [0.1, 0.15) is 6.92 Å².